The molecule has 0 heterocycles. The van der Waals surface area contributed by atoms with Gasteiger partial charge in [-0.1, -0.05) is 20.4 Å². The lowest BCUT2D eigenvalue weighted by molar-refractivity contribution is -0.347. The summed E-state index contributed by atoms with van der Waals surface area (Å²) in [6.45, 7) is 3.96. The van der Waals surface area contributed by atoms with Crippen molar-refractivity contribution in [1.29, 1.82) is 0 Å². The molecule has 0 aliphatic carbocycles. The Bertz CT molecular complexity index is 768. The zero-order chi connectivity index (χ0) is 24.9. The molecular formula is C15H19F7NO7S-. The van der Waals surface area contributed by atoms with Crippen LogP contribution in [0.3, 0.4) is 0 Å². The van der Waals surface area contributed by atoms with Crippen LogP contribution in [0.25, 0.3) is 0 Å². The zero-order valence-corrected chi connectivity index (χ0v) is 16.9. The molecule has 0 saturated heterocycles. The number of carbonyl (C=O) groups excluding carboxylic acids is 2. The Labute approximate surface area is 172 Å². The van der Waals surface area contributed by atoms with Gasteiger partial charge in [-0.05, 0) is 12.3 Å². The predicted molar refractivity (Wildman–Crippen MR) is 87.7 cm³/mol. The van der Waals surface area contributed by atoms with Crippen molar-refractivity contribution in [3.63, 3.8) is 0 Å². The number of halogens is 7. The Hall–Kier alpha value is -1.94. The van der Waals surface area contributed by atoms with Crippen molar-refractivity contribution in [2.24, 2.45) is 5.92 Å². The van der Waals surface area contributed by atoms with Crippen LogP contribution in [-0.4, -0.2) is 61.1 Å². The van der Waals surface area contributed by atoms with E-state index in [0.717, 1.165) is 0 Å². The summed E-state index contributed by atoms with van der Waals surface area (Å²) in [4.78, 5) is 23.4. The number of nitrogens with one attached hydrogen (secondary N) is 1. The van der Waals surface area contributed by atoms with Gasteiger partial charge in [0.1, 0.15) is 0 Å². The molecule has 1 unspecified atom stereocenters. The van der Waals surface area contributed by atoms with Crippen molar-refractivity contribution < 1.29 is 62.8 Å². The van der Waals surface area contributed by atoms with Crippen LogP contribution >= 0.6 is 0 Å². The third-order valence-corrected chi connectivity index (χ3v) is 4.36. The van der Waals surface area contributed by atoms with Crippen LogP contribution in [0, 0.1) is 5.92 Å². The number of amides is 1. The summed E-state index contributed by atoms with van der Waals surface area (Å²) in [7, 11) is -6.80. The first kappa shape index (κ1) is 29.1. The molecule has 1 N–H and O–H groups in total. The minimum Gasteiger partial charge on any atom is -0.743 e. The first-order valence-corrected chi connectivity index (χ1v) is 9.71. The topological polar surface area (TPSA) is 122 Å². The van der Waals surface area contributed by atoms with Gasteiger partial charge in [-0.2, -0.15) is 30.7 Å². The van der Waals surface area contributed by atoms with Gasteiger partial charge in [0.15, 0.2) is 10.1 Å². The molecule has 0 saturated carbocycles. The monoisotopic (exact) mass is 490 g/mol. The molecule has 0 aromatic heterocycles. The van der Waals surface area contributed by atoms with Crippen LogP contribution in [0.1, 0.15) is 26.7 Å². The molecule has 0 aromatic carbocycles. The van der Waals surface area contributed by atoms with Gasteiger partial charge in [0.2, 0.25) is 0 Å². The molecule has 0 aromatic rings. The molecule has 0 aliphatic rings. The standard InChI is InChI=1S/C15H20F7NO7S/c1-4-10(24)30-13(14(18,19)20,11(25)23-8-9(2)3)29-7-5-6-12(16,17)15(21,22)31(26,27)28/h4,9H,1,5-8H2,2-3H3,(H,23,25)(H,26,27,28)/p-1. The lowest BCUT2D eigenvalue weighted by Gasteiger charge is -2.33. The maximum absolute atomic E-state index is 13.6. The molecular weight excluding hydrogens is 471 g/mol. The number of carbonyl (C=O) groups is 2. The molecule has 16 heteroatoms. The summed E-state index contributed by atoms with van der Waals surface area (Å²) < 4.78 is 133. The Kier molecular flexibility index (Phi) is 9.49. The molecule has 0 radical (unpaired) electrons. The van der Waals surface area contributed by atoms with E-state index in [-0.39, 0.29) is 18.5 Å². The smallest absolute Gasteiger partial charge is 0.466 e. The predicted octanol–water partition coefficient (Wildman–Crippen LogP) is 2.32. The molecule has 0 spiro atoms. The van der Waals surface area contributed by atoms with Crippen molar-refractivity contribution in [3.05, 3.63) is 12.7 Å². The number of rotatable bonds is 12. The molecule has 1 atom stereocenters. The quantitative estimate of drug-likeness (QED) is 0.111. The molecule has 182 valence electrons. The van der Waals surface area contributed by atoms with E-state index in [2.05, 4.69) is 16.1 Å². The summed E-state index contributed by atoms with van der Waals surface area (Å²) >= 11 is 0. The van der Waals surface area contributed by atoms with Gasteiger partial charge < -0.3 is 19.3 Å². The van der Waals surface area contributed by atoms with Crippen molar-refractivity contribution >= 4 is 22.0 Å². The fourth-order valence-corrected chi connectivity index (χ4v) is 2.31. The number of hydrogen-bond acceptors (Lipinski definition) is 7. The number of alkyl halides is 7. The second kappa shape index (κ2) is 10.1. The van der Waals surface area contributed by atoms with Crippen LogP contribution in [-0.2, 0) is 29.2 Å². The first-order valence-electron chi connectivity index (χ1n) is 8.30. The summed E-state index contributed by atoms with van der Waals surface area (Å²) in [6, 6.07) is 0. The maximum atomic E-state index is 13.6. The molecule has 0 fully saturated rings. The Morgan fingerprint density at radius 1 is 1.13 bits per heavy atom. The van der Waals surface area contributed by atoms with E-state index < -0.39 is 64.6 Å². The van der Waals surface area contributed by atoms with Gasteiger partial charge in [0.05, 0.1) is 6.61 Å². The van der Waals surface area contributed by atoms with Gasteiger partial charge in [-0.25, -0.2) is 13.2 Å². The van der Waals surface area contributed by atoms with Gasteiger partial charge in [0.25, 0.3) is 0 Å². The average molecular weight is 490 g/mol. The highest BCUT2D eigenvalue weighted by Gasteiger charge is 2.66. The van der Waals surface area contributed by atoms with Crippen LogP contribution in [0.2, 0.25) is 0 Å². The summed E-state index contributed by atoms with van der Waals surface area (Å²) in [5, 5.41) is -4.27. The van der Waals surface area contributed by atoms with E-state index in [0.29, 0.717) is 0 Å². The number of hydrogen-bond donors (Lipinski definition) is 1. The van der Waals surface area contributed by atoms with Crippen LogP contribution in [0.5, 0.6) is 0 Å². The first-order chi connectivity index (χ1) is 13.7. The summed E-state index contributed by atoms with van der Waals surface area (Å²) in [5.74, 6) is -14.0. The number of ether oxygens (including phenoxy) is 2. The fourth-order valence-electron chi connectivity index (χ4n) is 1.84. The van der Waals surface area contributed by atoms with E-state index in [9.17, 15) is 53.3 Å². The van der Waals surface area contributed by atoms with Gasteiger partial charge in [-0.3, -0.25) is 4.79 Å². The van der Waals surface area contributed by atoms with E-state index in [1.165, 1.54) is 13.8 Å². The summed E-state index contributed by atoms with van der Waals surface area (Å²) in [6.07, 6.45) is -9.01. The van der Waals surface area contributed by atoms with Crippen molar-refractivity contribution in [3.8, 4) is 0 Å². The Balaban J connectivity index is 5.67. The van der Waals surface area contributed by atoms with E-state index in [4.69, 9.17) is 0 Å². The van der Waals surface area contributed by atoms with Gasteiger partial charge in [0, 0.05) is 19.0 Å². The minimum atomic E-state index is -6.80. The van der Waals surface area contributed by atoms with Crippen LogP contribution < -0.4 is 5.32 Å². The third-order valence-electron chi connectivity index (χ3n) is 3.43. The van der Waals surface area contributed by atoms with Crippen LogP contribution in [0.15, 0.2) is 12.7 Å². The molecule has 8 nitrogen and oxygen atoms in total. The zero-order valence-electron chi connectivity index (χ0n) is 16.1. The highest BCUT2D eigenvalue weighted by atomic mass is 32.2. The SMILES string of the molecule is C=CC(=O)OC(OCCCC(F)(F)C(F)(F)S(=O)(=O)[O-])(C(=O)NCC(C)C)C(F)(F)F. The van der Waals surface area contributed by atoms with Gasteiger partial charge in [-0.15, -0.1) is 0 Å². The van der Waals surface area contributed by atoms with Crippen molar-refractivity contribution in [2.45, 2.75) is 49.8 Å². The summed E-state index contributed by atoms with van der Waals surface area (Å²) in [5.41, 5.74) is 0. The van der Waals surface area contributed by atoms with Gasteiger partial charge >= 0.3 is 35.0 Å². The van der Waals surface area contributed by atoms with E-state index >= 15 is 0 Å². The highest BCUT2D eigenvalue weighted by Crippen LogP contribution is 2.42. The lowest BCUT2D eigenvalue weighted by Crippen LogP contribution is -2.61. The molecule has 1 amide bonds. The van der Waals surface area contributed by atoms with Crippen molar-refractivity contribution in [1.82, 2.24) is 5.32 Å². The fraction of sp³-hybridized carbons (Fsp3) is 0.733. The third kappa shape index (κ3) is 7.03. The van der Waals surface area contributed by atoms with Crippen molar-refractivity contribution in [2.75, 3.05) is 13.2 Å². The van der Waals surface area contributed by atoms with E-state index in [1.807, 2.05) is 0 Å². The highest BCUT2D eigenvalue weighted by molar-refractivity contribution is 7.86. The van der Waals surface area contributed by atoms with Crippen LogP contribution in [0.4, 0.5) is 30.7 Å². The number of esters is 1. The second-order valence-corrected chi connectivity index (χ2v) is 7.89. The normalized spacial score (nSPS) is 15.3. The average Bonchev–Trinajstić information content (AvgIpc) is 2.59. The Morgan fingerprint density at radius 2 is 1.65 bits per heavy atom. The van der Waals surface area contributed by atoms with E-state index in [1.54, 1.807) is 5.32 Å². The second-order valence-electron chi connectivity index (χ2n) is 6.47. The molecule has 0 rings (SSSR count). The molecule has 31 heavy (non-hydrogen) atoms. The largest absolute Gasteiger partial charge is 0.743 e. The molecule has 0 aliphatic heterocycles. The lowest BCUT2D eigenvalue weighted by atomic mass is 10.1. The maximum Gasteiger partial charge on any atom is 0.466 e. The minimum absolute atomic E-state index is 0.243. The molecule has 0 bridgehead atoms. The Morgan fingerprint density at radius 3 is 2.03 bits per heavy atom.